The molecule has 2 rings (SSSR count). The number of ether oxygens (including phenoxy) is 1. The van der Waals surface area contributed by atoms with Gasteiger partial charge in [0.2, 0.25) is 0 Å². The zero-order valence-corrected chi connectivity index (χ0v) is 12.3. The van der Waals surface area contributed by atoms with E-state index in [0.29, 0.717) is 5.82 Å². The third-order valence-electron chi connectivity index (χ3n) is 2.97. The van der Waals surface area contributed by atoms with Gasteiger partial charge in [-0.15, -0.1) is 0 Å². The zero-order chi connectivity index (χ0) is 13.5. The number of hydrazine groups is 1. The van der Waals surface area contributed by atoms with Gasteiger partial charge in [-0.25, -0.2) is 15.8 Å². The smallest absolute Gasteiger partial charge is 0.159 e. The van der Waals surface area contributed by atoms with Crippen molar-refractivity contribution >= 4 is 27.6 Å². The summed E-state index contributed by atoms with van der Waals surface area (Å²) in [6.45, 7) is 5.67. The third kappa shape index (κ3) is 4.27. The molecule has 4 N–H and O–H groups in total. The third-order valence-corrected chi connectivity index (χ3v) is 3.72. The predicted octanol–water partition coefficient (Wildman–Crippen LogP) is 0.659. The maximum atomic E-state index is 5.36. The molecule has 1 fully saturated rings. The van der Waals surface area contributed by atoms with Gasteiger partial charge in [0.15, 0.2) is 5.82 Å². The standard InChI is InChI=1S/C11H19BrN6O/c12-9-10(15-8-16-11(9)17-13)14-2-1-3-18-4-6-19-7-5-18/h8H,1-7,13H2,(H2,14,15,16,17). The van der Waals surface area contributed by atoms with Gasteiger partial charge in [-0.1, -0.05) is 0 Å². The lowest BCUT2D eigenvalue weighted by molar-refractivity contribution is 0.0378. The summed E-state index contributed by atoms with van der Waals surface area (Å²) >= 11 is 3.41. The highest BCUT2D eigenvalue weighted by atomic mass is 79.9. The second-order valence-corrected chi connectivity index (χ2v) is 5.06. The molecular formula is C11H19BrN6O. The Morgan fingerprint density at radius 2 is 2.05 bits per heavy atom. The molecule has 0 amide bonds. The summed E-state index contributed by atoms with van der Waals surface area (Å²) in [5, 5.41) is 3.28. The molecule has 0 spiro atoms. The normalized spacial score (nSPS) is 16.3. The van der Waals surface area contributed by atoms with Crippen molar-refractivity contribution in [1.29, 1.82) is 0 Å². The van der Waals surface area contributed by atoms with Crippen LogP contribution >= 0.6 is 15.9 Å². The Hall–Kier alpha value is -0.960. The van der Waals surface area contributed by atoms with E-state index in [2.05, 4.69) is 41.5 Å². The van der Waals surface area contributed by atoms with Crippen LogP contribution in [-0.4, -0.2) is 54.3 Å². The number of anilines is 2. The zero-order valence-electron chi connectivity index (χ0n) is 10.7. The van der Waals surface area contributed by atoms with Gasteiger partial charge < -0.3 is 15.5 Å². The van der Waals surface area contributed by atoms with Crippen molar-refractivity contribution in [3.05, 3.63) is 10.8 Å². The molecule has 0 bridgehead atoms. The molecule has 1 aromatic rings. The number of hydrogen-bond donors (Lipinski definition) is 3. The Balaban J connectivity index is 1.73. The highest BCUT2D eigenvalue weighted by Gasteiger charge is 2.10. The van der Waals surface area contributed by atoms with Gasteiger partial charge in [-0.2, -0.15) is 0 Å². The number of nitrogens with two attached hydrogens (primary N) is 1. The van der Waals surface area contributed by atoms with E-state index in [1.54, 1.807) is 0 Å². The summed E-state index contributed by atoms with van der Waals surface area (Å²) < 4.78 is 6.07. The van der Waals surface area contributed by atoms with Crippen molar-refractivity contribution in [1.82, 2.24) is 14.9 Å². The van der Waals surface area contributed by atoms with Crippen LogP contribution in [0.2, 0.25) is 0 Å². The molecular weight excluding hydrogens is 312 g/mol. The van der Waals surface area contributed by atoms with E-state index < -0.39 is 0 Å². The fraction of sp³-hybridized carbons (Fsp3) is 0.636. The Morgan fingerprint density at radius 1 is 1.32 bits per heavy atom. The average Bonchev–Trinajstić information content (AvgIpc) is 2.46. The quantitative estimate of drug-likeness (QED) is 0.401. The minimum absolute atomic E-state index is 0.575. The van der Waals surface area contributed by atoms with Crippen LogP contribution in [0.5, 0.6) is 0 Å². The largest absolute Gasteiger partial charge is 0.379 e. The number of rotatable bonds is 6. The molecule has 106 valence electrons. The number of hydrogen-bond acceptors (Lipinski definition) is 7. The topological polar surface area (TPSA) is 88.3 Å². The second-order valence-electron chi connectivity index (χ2n) is 4.26. The van der Waals surface area contributed by atoms with Crippen LogP contribution < -0.4 is 16.6 Å². The first-order valence-corrected chi connectivity index (χ1v) is 7.11. The average molecular weight is 331 g/mol. The lowest BCUT2D eigenvalue weighted by Crippen LogP contribution is -2.37. The highest BCUT2D eigenvalue weighted by molar-refractivity contribution is 9.10. The minimum atomic E-state index is 0.575. The first-order chi connectivity index (χ1) is 9.31. The predicted molar refractivity (Wildman–Crippen MR) is 77.9 cm³/mol. The molecule has 0 aromatic carbocycles. The number of nitrogen functional groups attached to an aromatic ring is 1. The fourth-order valence-electron chi connectivity index (χ4n) is 1.93. The lowest BCUT2D eigenvalue weighted by atomic mass is 10.3. The van der Waals surface area contributed by atoms with Gasteiger partial charge in [0, 0.05) is 19.6 Å². The van der Waals surface area contributed by atoms with E-state index in [1.165, 1.54) is 6.33 Å². The van der Waals surface area contributed by atoms with E-state index in [1.807, 2.05) is 0 Å². The van der Waals surface area contributed by atoms with Crippen LogP contribution in [0.1, 0.15) is 6.42 Å². The van der Waals surface area contributed by atoms with Gasteiger partial charge in [-0.3, -0.25) is 4.90 Å². The molecule has 1 aromatic heterocycles. The minimum Gasteiger partial charge on any atom is -0.379 e. The Labute approximate surface area is 121 Å². The number of nitrogens with zero attached hydrogens (tertiary/aromatic N) is 3. The first-order valence-electron chi connectivity index (χ1n) is 6.32. The summed E-state index contributed by atoms with van der Waals surface area (Å²) in [5.74, 6) is 6.68. The maximum absolute atomic E-state index is 5.36. The van der Waals surface area contributed by atoms with Crippen molar-refractivity contribution < 1.29 is 4.74 Å². The molecule has 1 aliphatic heterocycles. The number of aromatic nitrogens is 2. The van der Waals surface area contributed by atoms with Crippen LogP contribution in [0.15, 0.2) is 10.8 Å². The van der Waals surface area contributed by atoms with Crippen LogP contribution in [0.3, 0.4) is 0 Å². The van der Waals surface area contributed by atoms with Gasteiger partial charge >= 0.3 is 0 Å². The summed E-state index contributed by atoms with van der Waals surface area (Å²) in [4.78, 5) is 10.6. The maximum Gasteiger partial charge on any atom is 0.159 e. The molecule has 19 heavy (non-hydrogen) atoms. The number of nitrogens with one attached hydrogen (secondary N) is 2. The van der Waals surface area contributed by atoms with Gasteiger partial charge in [-0.05, 0) is 28.9 Å². The number of morpholine rings is 1. The van der Waals surface area contributed by atoms with Crippen LogP contribution in [-0.2, 0) is 4.74 Å². The van der Waals surface area contributed by atoms with Gasteiger partial charge in [0.05, 0.1) is 13.2 Å². The van der Waals surface area contributed by atoms with E-state index in [-0.39, 0.29) is 0 Å². The van der Waals surface area contributed by atoms with E-state index >= 15 is 0 Å². The molecule has 1 aliphatic rings. The molecule has 7 nitrogen and oxygen atoms in total. The molecule has 0 atom stereocenters. The van der Waals surface area contributed by atoms with E-state index in [4.69, 9.17) is 10.6 Å². The van der Waals surface area contributed by atoms with Crippen molar-refractivity contribution in [3.8, 4) is 0 Å². The molecule has 0 unspecified atom stereocenters. The SMILES string of the molecule is NNc1ncnc(NCCCN2CCOCC2)c1Br. The molecule has 0 aliphatic carbocycles. The monoisotopic (exact) mass is 330 g/mol. The Morgan fingerprint density at radius 3 is 2.79 bits per heavy atom. The van der Waals surface area contributed by atoms with Crippen molar-refractivity contribution in [2.24, 2.45) is 5.84 Å². The molecule has 0 radical (unpaired) electrons. The van der Waals surface area contributed by atoms with Crippen molar-refractivity contribution in [3.63, 3.8) is 0 Å². The molecule has 0 saturated carbocycles. The molecule has 2 heterocycles. The lowest BCUT2D eigenvalue weighted by Gasteiger charge is -2.26. The first kappa shape index (κ1) is 14.4. The highest BCUT2D eigenvalue weighted by Crippen LogP contribution is 2.25. The Kier molecular flexibility index (Phi) is 5.77. The summed E-state index contributed by atoms with van der Waals surface area (Å²) in [7, 11) is 0. The van der Waals surface area contributed by atoms with Crippen LogP contribution in [0.4, 0.5) is 11.6 Å². The van der Waals surface area contributed by atoms with Gasteiger partial charge in [0.25, 0.3) is 0 Å². The molecule has 1 saturated heterocycles. The van der Waals surface area contributed by atoms with Crippen LogP contribution in [0, 0.1) is 0 Å². The summed E-state index contributed by atoms with van der Waals surface area (Å²) in [6, 6.07) is 0. The second kappa shape index (κ2) is 7.59. The van der Waals surface area contributed by atoms with Crippen molar-refractivity contribution in [2.45, 2.75) is 6.42 Å². The van der Waals surface area contributed by atoms with E-state index in [0.717, 1.165) is 56.1 Å². The summed E-state index contributed by atoms with van der Waals surface area (Å²) in [6.07, 6.45) is 2.53. The Bertz CT molecular complexity index is 399. The summed E-state index contributed by atoms with van der Waals surface area (Å²) in [5.41, 5.74) is 2.52. The van der Waals surface area contributed by atoms with Crippen LogP contribution in [0.25, 0.3) is 0 Å². The van der Waals surface area contributed by atoms with E-state index in [9.17, 15) is 0 Å². The fourth-order valence-corrected chi connectivity index (χ4v) is 2.39. The molecule has 8 heteroatoms. The van der Waals surface area contributed by atoms with Crippen molar-refractivity contribution in [2.75, 3.05) is 50.1 Å². The van der Waals surface area contributed by atoms with Gasteiger partial charge in [0.1, 0.15) is 16.6 Å². The number of halogens is 1.